The molecular formula is C28H24N6O4. The molecule has 3 heterocycles. The second-order valence-electron chi connectivity index (χ2n) is 8.53. The molecule has 190 valence electrons. The number of methoxy groups -OCH3 is 1. The first-order chi connectivity index (χ1) is 18.5. The first-order valence-electron chi connectivity index (χ1n) is 11.7. The van der Waals surface area contributed by atoms with Gasteiger partial charge in [-0.1, -0.05) is 18.2 Å². The van der Waals surface area contributed by atoms with Gasteiger partial charge >= 0.3 is 0 Å². The molecule has 10 nitrogen and oxygen atoms in total. The number of imidazole rings is 1. The largest absolute Gasteiger partial charge is 0.507 e. The fourth-order valence-electron chi connectivity index (χ4n) is 4.10. The quantitative estimate of drug-likeness (QED) is 0.270. The van der Waals surface area contributed by atoms with Crippen molar-refractivity contribution in [2.24, 2.45) is 0 Å². The molecule has 3 aromatic heterocycles. The van der Waals surface area contributed by atoms with E-state index in [0.717, 1.165) is 11.3 Å². The molecular weight excluding hydrogens is 484 g/mol. The third kappa shape index (κ3) is 4.87. The van der Waals surface area contributed by atoms with Crippen LogP contribution in [0.5, 0.6) is 11.6 Å². The van der Waals surface area contributed by atoms with Gasteiger partial charge in [-0.3, -0.25) is 14.2 Å². The highest BCUT2D eigenvalue weighted by atomic mass is 16.5. The molecule has 0 saturated heterocycles. The number of anilines is 1. The van der Waals surface area contributed by atoms with E-state index < -0.39 is 0 Å². The van der Waals surface area contributed by atoms with E-state index >= 15 is 0 Å². The Balaban J connectivity index is 1.39. The molecule has 5 aromatic rings. The van der Waals surface area contributed by atoms with Gasteiger partial charge in [0.25, 0.3) is 0 Å². The van der Waals surface area contributed by atoms with E-state index in [1.165, 1.54) is 12.1 Å². The minimum absolute atomic E-state index is 0.0786. The number of rotatable bonds is 8. The second kappa shape index (κ2) is 10.4. The topological polar surface area (TPSA) is 145 Å². The summed E-state index contributed by atoms with van der Waals surface area (Å²) in [5.74, 6) is 1.05. The monoisotopic (exact) mass is 508 g/mol. The van der Waals surface area contributed by atoms with E-state index in [0.29, 0.717) is 52.6 Å². The van der Waals surface area contributed by atoms with Crippen LogP contribution in [0.1, 0.15) is 21.5 Å². The van der Waals surface area contributed by atoms with Crippen LogP contribution in [0.15, 0.2) is 72.9 Å². The van der Waals surface area contributed by atoms with Gasteiger partial charge in [0.2, 0.25) is 11.8 Å². The molecule has 0 fully saturated rings. The number of hydrogen-bond donors (Lipinski definition) is 3. The van der Waals surface area contributed by atoms with Gasteiger partial charge in [-0.05, 0) is 53.6 Å². The first-order valence-corrected chi connectivity index (χ1v) is 11.7. The van der Waals surface area contributed by atoms with Gasteiger partial charge in [0.15, 0.2) is 17.8 Å². The number of fused-ring (bicyclic) bond motifs is 1. The normalized spacial score (nSPS) is 10.9. The van der Waals surface area contributed by atoms with Crippen molar-refractivity contribution in [2.45, 2.75) is 13.0 Å². The Hall–Kier alpha value is -5.25. The highest BCUT2D eigenvalue weighted by Crippen LogP contribution is 2.31. The molecule has 0 atom stereocenters. The lowest BCUT2D eigenvalue weighted by Crippen LogP contribution is -2.24. The van der Waals surface area contributed by atoms with Gasteiger partial charge in [-0.15, -0.1) is 0 Å². The molecule has 1 amide bonds. The molecule has 0 aliphatic rings. The number of nitrogens with two attached hydrogens (primary N) is 1. The van der Waals surface area contributed by atoms with Gasteiger partial charge < -0.3 is 20.9 Å². The third-order valence-corrected chi connectivity index (χ3v) is 6.04. The van der Waals surface area contributed by atoms with Gasteiger partial charge in [0.05, 0.1) is 24.7 Å². The van der Waals surface area contributed by atoms with Crippen molar-refractivity contribution in [1.82, 2.24) is 24.8 Å². The lowest BCUT2D eigenvalue weighted by molar-refractivity contribution is -0.120. The van der Waals surface area contributed by atoms with Crippen molar-refractivity contribution < 1.29 is 19.4 Å². The molecule has 0 saturated carbocycles. The van der Waals surface area contributed by atoms with Crippen LogP contribution < -0.4 is 15.8 Å². The lowest BCUT2D eigenvalue weighted by atomic mass is 10.1. The number of ether oxygens (including phenoxy) is 1. The zero-order valence-electron chi connectivity index (χ0n) is 20.5. The Labute approximate surface area is 217 Å². The minimum Gasteiger partial charge on any atom is -0.507 e. The fourth-order valence-corrected chi connectivity index (χ4v) is 4.10. The van der Waals surface area contributed by atoms with Crippen LogP contribution in [0.4, 0.5) is 5.82 Å². The number of hydrogen-bond acceptors (Lipinski definition) is 8. The van der Waals surface area contributed by atoms with Crippen molar-refractivity contribution in [3.05, 3.63) is 89.6 Å². The van der Waals surface area contributed by atoms with Crippen LogP contribution in [-0.2, 0) is 17.8 Å². The minimum atomic E-state index is -0.210. The number of aromatic nitrogens is 4. The zero-order chi connectivity index (χ0) is 26.6. The van der Waals surface area contributed by atoms with E-state index in [9.17, 15) is 14.7 Å². The molecule has 0 spiro atoms. The summed E-state index contributed by atoms with van der Waals surface area (Å²) < 4.78 is 7.22. The second-order valence-corrected chi connectivity index (χ2v) is 8.53. The number of phenols is 1. The van der Waals surface area contributed by atoms with E-state index in [-0.39, 0.29) is 23.6 Å². The van der Waals surface area contributed by atoms with Crippen molar-refractivity contribution in [2.75, 3.05) is 12.8 Å². The predicted molar refractivity (Wildman–Crippen MR) is 142 cm³/mol. The van der Waals surface area contributed by atoms with Crippen molar-refractivity contribution >= 4 is 29.2 Å². The number of phenolic OH excluding ortho intramolecular Hbond substituents is 1. The Morgan fingerprint density at radius 3 is 2.58 bits per heavy atom. The van der Waals surface area contributed by atoms with Crippen LogP contribution in [0.25, 0.3) is 28.2 Å². The van der Waals surface area contributed by atoms with Crippen LogP contribution >= 0.6 is 0 Å². The Morgan fingerprint density at radius 1 is 1.08 bits per heavy atom. The van der Waals surface area contributed by atoms with Crippen LogP contribution in [0.2, 0.25) is 0 Å². The number of nitrogens with one attached hydrogen (secondary N) is 1. The van der Waals surface area contributed by atoms with Crippen molar-refractivity contribution in [1.29, 1.82) is 0 Å². The smallest absolute Gasteiger partial charge is 0.224 e. The molecule has 0 aliphatic carbocycles. The summed E-state index contributed by atoms with van der Waals surface area (Å²) in [6.07, 6.45) is 2.27. The predicted octanol–water partition coefficient (Wildman–Crippen LogP) is 3.45. The Morgan fingerprint density at radius 2 is 1.87 bits per heavy atom. The van der Waals surface area contributed by atoms with Gasteiger partial charge in [-0.25, -0.2) is 9.97 Å². The van der Waals surface area contributed by atoms with E-state index in [1.54, 1.807) is 31.5 Å². The van der Waals surface area contributed by atoms with Gasteiger partial charge in [0.1, 0.15) is 17.1 Å². The molecule has 0 bridgehead atoms. The summed E-state index contributed by atoms with van der Waals surface area (Å²) in [5, 5.41) is 12.7. The Kier molecular flexibility index (Phi) is 6.68. The summed E-state index contributed by atoms with van der Waals surface area (Å²) >= 11 is 0. The van der Waals surface area contributed by atoms with Crippen molar-refractivity contribution in [3.63, 3.8) is 0 Å². The summed E-state index contributed by atoms with van der Waals surface area (Å²) in [6.45, 7) is 0.316. The maximum atomic E-state index is 12.4. The molecule has 38 heavy (non-hydrogen) atoms. The Bertz CT molecular complexity index is 1650. The number of carbonyl (C=O) groups is 2. The maximum absolute atomic E-state index is 12.4. The number of aromatic hydroxyl groups is 1. The fraction of sp³-hybridized carbons (Fsp3) is 0.107. The summed E-state index contributed by atoms with van der Waals surface area (Å²) in [7, 11) is 1.56. The van der Waals surface area contributed by atoms with E-state index in [2.05, 4.69) is 15.3 Å². The molecule has 4 N–H and O–H groups in total. The molecule has 5 rings (SSSR count). The SMILES string of the molecule is COc1ccc2nc(-c3cccnc3N)n(-c3ccc(CNC(=O)Cc4ccc(C=O)c(O)c4)cc3)c2n1. The summed E-state index contributed by atoms with van der Waals surface area (Å²) in [5.41, 5.74) is 10.6. The zero-order valence-corrected chi connectivity index (χ0v) is 20.5. The lowest BCUT2D eigenvalue weighted by Gasteiger charge is -2.12. The number of nitrogens with zero attached hydrogens (tertiary/aromatic N) is 4. The highest BCUT2D eigenvalue weighted by molar-refractivity contribution is 5.83. The number of amides is 1. The van der Waals surface area contributed by atoms with Crippen LogP contribution in [0, 0.1) is 0 Å². The van der Waals surface area contributed by atoms with E-state index in [4.69, 9.17) is 15.5 Å². The molecule has 0 radical (unpaired) electrons. The molecule has 10 heteroatoms. The number of nitrogen functional groups attached to an aromatic ring is 1. The maximum Gasteiger partial charge on any atom is 0.224 e. The average Bonchev–Trinajstić information content (AvgIpc) is 3.31. The van der Waals surface area contributed by atoms with Crippen LogP contribution in [-0.4, -0.2) is 43.9 Å². The number of aldehydes is 1. The number of pyridine rings is 2. The molecule has 0 unspecified atom stereocenters. The number of benzene rings is 2. The number of carbonyl (C=O) groups excluding carboxylic acids is 2. The summed E-state index contributed by atoms with van der Waals surface area (Å²) in [4.78, 5) is 36.9. The van der Waals surface area contributed by atoms with Gasteiger partial charge in [-0.2, -0.15) is 4.98 Å². The van der Waals surface area contributed by atoms with Crippen molar-refractivity contribution in [3.8, 4) is 28.7 Å². The molecule has 2 aromatic carbocycles. The average molecular weight is 509 g/mol. The molecule has 0 aliphatic heterocycles. The first kappa shape index (κ1) is 24.4. The van der Waals surface area contributed by atoms with E-state index in [1.807, 2.05) is 41.0 Å². The summed E-state index contributed by atoms with van der Waals surface area (Å²) in [6, 6.07) is 19.4. The van der Waals surface area contributed by atoms with Crippen LogP contribution in [0.3, 0.4) is 0 Å². The third-order valence-electron chi connectivity index (χ3n) is 6.04. The standard InChI is InChI=1S/C28H24N6O4/c1-38-25-11-10-22-28(33-25)34(27(32-22)21-3-2-12-30-26(21)29)20-8-5-17(6-9-20)15-31-24(37)14-18-4-7-19(16-35)23(36)13-18/h2-13,16,36H,14-15H2,1H3,(H2,29,30)(H,31,37). The van der Waals surface area contributed by atoms with Gasteiger partial charge in [0, 0.05) is 24.5 Å². The highest BCUT2D eigenvalue weighted by Gasteiger charge is 2.18.